The Hall–Kier alpha value is -2.40. The zero-order valence-corrected chi connectivity index (χ0v) is 13.6. The van der Waals surface area contributed by atoms with E-state index in [1.807, 2.05) is 12.1 Å². The summed E-state index contributed by atoms with van der Waals surface area (Å²) in [6, 6.07) is 13.0. The largest absolute Gasteiger partial charge is 0.494 e. The smallest absolute Gasteiger partial charge is 0.224 e. The van der Waals surface area contributed by atoms with Gasteiger partial charge < -0.3 is 15.4 Å². The van der Waals surface area contributed by atoms with Crippen molar-refractivity contribution < 1.29 is 13.9 Å². The molecule has 2 aromatic carbocycles. The van der Waals surface area contributed by atoms with E-state index in [2.05, 4.69) is 22.8 Å². The first kappa shape index (κ1) is 16.5. The molecule has 0 radical (unpaired) electrons. The van der Waals surface area contributed by atoms with Gasteiger partial charge in [-0.3, -0.25) is 4.79 Å². The predicted molar refractivity (Wildman–Crippen MR) is 90.6 cm³/mol. The van der Waals surface area contributed by atoms with Crippen LogP contribution in [-0.2, 0) is 17.6 Å². The number of amides is 1. The van der Waals surface area contributed by atoms with Gasteiger partial charge in [0.1, 0.15) is 0 Å². The predicted octanol–water partition coefficient (Wildman–Crippen LogP) is 2.38. The van der Waals surface area contributed by atoms with Crippen molar-refractivity contribution in [3.8, 4) is 5.75 Å². The van der Waals surface area contributed by atoms with E-state index < -0.39 is 5.82 Å². The Kier molecular flexibility index (Phi) is 5.11. The van der Waals surface area contributed by atoms with Crippen molar-refractivity contribution in [2.45, 2.75) is 18.9 Å². The molecule has 0 bridgehead atoms. The number of ether oxygens (including phenoxy) is 1. The van der Waals surface area contributed by atoms with Crippen molar-refractivity contribution in [3.63, 3.8) is 0 Å². The van der Waals surface area contributed by atoms with Gasteiger partial charge >= 0.3 is 0 Å². The lowest BCUT2D eigenvalue weighted by molar-refractivity contribution is -0.120. The Labute approximate surface area is 141 Å². The molecule has 1 unspecified atom stereocenters. The maximum Gasteiger partial charge on any atom is 0.224 e. The van der Waals surface area contributed by atoms with Gasteiger partial charge in [-0.1, -0.05) is 30.3 Å². The number of methoxy groups -OCH3 is 1. The van der Waals surface area contributed by atoms with Crippen LogP contribution in [0.1, 0.15) is 22.7 Å². The third-order valence-electron chi connectivity index (χ3n) is 4.30. The number of nitrogens with one attached hydrogen (secondary N) is 2. The zero-order valence-electron chi connectivity index (χ0n) is 13.6. The number of hydrogen-bond donors (Lipinski definition) is 2. The third kappa shape index (κ3) is 3.74. The fourth-order valence-corrected chi connectivity index (χ4v) is 3.06. The number of benzene rings is 2. The van der Waals surface area contributed by atoms with Gasteiger partial charge in [-0.2, -0.15) is 0 Å². The van der Waals surface area contributed by atoms with Crippen LogP contribution in [0.15, 0.2) is 42.5 Å². The molecular weight excluding hydrogens is 307 g/mol. The van der Waals surface area contributed by atoms with Crippen LogP contribution in [0.2, 0.25) is 0 Å². The summed E-state index contributed by atoms with van der Waals surface area (Å²) in [6.07, 6.45) is 1.15. The summed E-state index contributed by atoms with van der Waals surface area (Å²) in [5, 5.41) is 6.36. The van der Waals surface area contributed by atoms with Gasteiger partial charge in [0.2, 0.25) is 5.91 Å². The number of halogens is 1. The lowest BCUT2D eigenvalue weighted by Gasteiger charge is -2.27. The Morgan fingerprint density at radius 3 is 2.96 bits per heavy atom. The van der Waals surface area contributed by atoms with Crippen LogP contribution in [0.3, 0.4) is 0 Å². The summed E-state index contributed by atoms with van der Waals surface area (Å²) >= 11 is 0. The molecule has 126 valence electrons. The van der Waals surface area contributed by atoms with E-state index in [0.29, 0.717) is 12.1 Å². The molecule has 0 spiro atoms. The second-order valence-electron chi connectivity index (χ2n) is 5.91. The number of fused-ring (bicyclic) bond motifs is 1. The number of carbonyl (C=O) groups is 1. The minimum absolute atomic E-state index is 0.117. The van der Waals surface area contributed by atoms with Crippen LogP contribution in [0, 0.1) is 5.82 Å². The fourth-order valence-electron chi connectivity index (χ4n) is 3.06. The number of rotatable bonds is 5. The molecule has 2 aromatic rings. The summed E-state index contributed by atoms with van der Waals surface area (Å²) in [7, 11) is 1.42. The van der Waals surface area contributed by atoms with Gasteiger partial charge in [0, 0.05) is 12.6 Å². The van der Waals surface area contributed by atoms with Gasteiger partial charge in [0.15, 0.2) is 11.6 Å². The highest BCUT2D eigenvalue weighted by Crippen LogP contribution is 2.22. The molecule has 0 saturated carbocycles. The van der Waals surface area contributed by atoms with Gasteiger partial charge in [-0.25, -0.2) is 4.39 Å². The van der Waals surface area contributed by atoms with E-state index >= 15 is 0 Å². The molecule has 24 heavy (non-hydrogen) atoms. The van der Waals surface area contributed by atoms with Crippen LogP contribution < -0.4 is 15.4 Å². The lowest BCUT2D eigenvalue weighted by Crippen LogP contribution is -2.39. The second-order valence-corrected chi connectivity index (χ2v) is 5.91. The molecule has 1 atom stereocenters. The van der Waals surface area contributed by atoms with Crippen molar-refractivity contribution in [1.82, 2.24) is 10.6 Å². The van der Waals surface area contributed by atoms with Crippen molar-refractivity contribution in [2.24, 2.45) is 0 Å². The van der Waals surface area contributed by atoms with E-state index in [0.717, 1.165) is 13.0 Å². The van der Waals surface area contributed by atoms with Crippen LogP contribution in [0.25, 0.3) is 0 Å². The molecule has 4 nitrogen and oxygen atoms in total. The van der Waals surface area contributed by atoms with Crippen LogP contribution in [0.5, 0.6) is 5.75 Å². The van der Waals surface area contributed by atoms with Gasteiger partial charge in [0.05, 0.1) is 13.5 Å². The van der Waals surface area contributed by atoms with Gasteiger partial charge in [0.25, 0.3) is 0 Å². The summed E-state index contributed by atoms with van der Waals surface area (Å²) in [4.78, 5) is 12.1. The molecule has 1 amide bonds. The molecule has 1 aliphatic heterocycles. The molecule has 0 aliphatic carbocycles. The highest BCUT2D eigenvalue weighted by molar-refractivity contribution is 5.78. The SMILES string of the molecule is COc1ccc(CC(=O)NCC2NCCc3ccccc32)cc1F. The molecule has 5 heteroatoms. The molecule has 0 aromatic heterocycles. The van der Waals surface area contributed by atoms with Crippen LogP contribution >= 0.6 is 0 Å². The minimum atomic E-state index is -0.453. The first-order valence-electron chi connectivity index (χ1n) is 8.07. The molecule has 0 fully saturated rings. The van der Waals surface area contributed by atoms with Crippen molar-refractivity contribution in [2.75, 3.05) is 20.2 Å². The maximum atomic E-state index is 13.7. The van der Waals surface area contributed by atoms with E-state index in [1.165, 1.54) is 30.4 Å². The quantitative estimate of drug-likeness (QED) is 0.886. The molecule has 1 aliphatic rings. The molecular formula is C19H21FN2O2. The van der Waals surface area contributed by atoms with Crippen LogP contribution in [0.4, 0.5) is 4.39 Å². The third-order valence-corrected chi connectivity index (χ3v) is 4.30. The maximum absolute atomic E-state index is 13.7. The highest BCUT2D eigenvalue weighted by atomic mass is 19.1. The van der Waals surface area contributed by atoms with Crippen molar-refractivity contribution in [1.29, 1.82) is 0 Å². The number of carbonyl (C=O) groups excluding carboxylic acids is 1. The number of hydrogen-bond acceptors (Lipinski definition) is 3. The van der Waals surface area contributed by atoms with E-state index in [-0.39, 0.29) is 24.1 Å². The lowest BCUT2D eigenvalue weighted by atomic mass is 9.94. The highest BCUT2D eigenvalue weighted by Gasteiger charge is 2.19. The topological polar surface area (TPSA) is 50.4 Å². The molecule has 0 saturated heterocycles. The Bertz CT molecular complexity index is 733. The Morgan fingerprint density at radius 1 is 1.33 bits per heavy atom. The van der Waals surface area contributed by atoms with Crippen molar-refractivity contribution in [3.05, 3.63) is 65.0 Å². The fraction of sp³-hybridized carbons (Fsp3) is 0.316. The summed E-state index contributed by atoms with van der Waals surface area (Å²) < 4.78 is 18.6. The minimum Gasteiger partial charge on any atom is -0.494 e. The summed E-state index contributed by atoms with van der Waals surface area (Å²) in [5.41, 5.74) is 3.19. The summed E-state index contributed by atoms with van der Waals surface area (Å²) in [5.74, 6) is -0.391. The Balaban J connectivity index is 1.58. The van der Waals surface area contributed by atoms with Crippen LogP contribution in [-0.4, -0.2) is 26.1 Å². The standard InChI is InChI=1S/C19H21FN2O2/c1-24-18-7-6-13(10-16(18)20)11-19(23)22-12-17-15-5-3-2-4-14(15)8-9-21-17/h2-7,10,17,21H,8-9,11-12H2,1H3,(H,22,23). The monoisotopic (exact) mass is 328 g/mol. The first-order chi connectivity index (χ1) is 11.7. The zero-order chi connectivity index (χ0) is 16.9. The van der Waals surface area contributed by atoms with Gasteiger partial charge in [-0.05, 0) is 41.8 Å². The average molecular weight is 328 g/mol. The van der Waals surface area contributed by atoms with E-state index in [1.54, 1.807) is 6.07 Å². The average Bonchev–Trinajstić information content (AvgIpc) is 2.60. The van der Waals surface area contributed by atoms with E-state index in [4.69, 9.17) is 4.74 Å². The second kappa shape index (κ2) is 7.45. The molecule has 1 heterocycles. The summed E-state index contributed by atoms with van der Waals surface area (Å²) in [6.45, 7) is 1.43. The van der Waals surface area contributed by atoms with Crippen molar-refractivity contribution >= 4 is 5.91 Å². The normalized spacial score (nSPS) is 16.3. The molecule has 3 rings (SSSR count). The molecule has 2 N–H and O–H groups in total. The van der Waals surface area contributed by atoms with Gasteiger partial charge in [-0.15, -0.1) is 0 Å². The van der Waals surface area contributed by atoms with E-state index in [9.17, 15) is 9.18 Å². The Morgan fingerprint density at radius 2 is 2.17 bits per heavy atom. The first-order valence-corrected chi connectivity index (χ1v) is 8.07.